The van der Waals surface area contributed by atoms with Crippen LogP contribution in [0, 0.1) is 0 Å². The molecule has 0 unspecified atom stereocenters. The number of carbonyl (C=O) groups excluding carboxylic acids is 1. The minimum absolute atomic E-state index is 0.0712. The maximum Gasteiger partial charge on any atom is 0.416 e. The summed E-state index contributed by atoms with van der Waals surface area (Å²) in [5, 5.41) is 6.43. The Morgan fingerprint density at radius 1 is 1.09 bits per heavy atom. The molecule has 13 heteroatoms. The zero-order valence-corrected chi connectivity index (χ0v) is 17.7. The van der Waals surface area contributed by atoms with E-state index in [-0.39, 0.29) is 23.3 Å². The lowest BCUT2D eigenvalue weighted by Gasteiger charge is -2.20. The van der Waals surface area contributed by atoms with Gasteiger partial charge in [0.25, 0.3) is 5.91 Å². The van der Waals surface area contributed by atoms with Gasteiger partial charge >= 0.3 is 12.4 Å². The summed E-state index contributed by atoms with van der Waals surface area (Å²) in [6.45, 7) is 1.34. The smallest absolute Gasteiger partial charge is 0.416 e. The van der Waals surface area contributed by atoms with Gasteiger partial charge in [0, 0.05) is 12.4 Å². The van der Waals surface area contributed by atoms with Gasteiger partial charge in [-0.2, -0.15) is 31.4 Å². The quantitative estimate of drug-likeness (QED) is 0.352. The third-order valence-corrected chi connectivity index (χ3v) is 5.01. The monoisotopic (exact) mass is 495 g/mol. The highest BCUT2D eigenvalue weighted by atomic mass is 19.4. The number of pyridine rings is 1. The van der Waals surface area contributed by atoms with E-state index in [4.69, 9.17) is 4.42 Å². The van der Waals surface area contributed by atoms with Crippen molar-refractivity contribution in [3.63, 3.8) is 0 Å². The molecule has 182 valence electrons. The van der Waals surface area contributed by atoms with Crippen molar-refractivity contribution in [3.8, 4) is 11.6 Å². The van der Waals surface area contributed by atoms with Crippen molar-refractivity contribution < 1.29 is 35.6 Å². The highest BCUT2D eigenvalue weighted by Crippen LogP contribution is 2.39. The molecule has 0 aliphatic heterocycles. The van der Waals surface area contributed by atoms with Crippen molar-refractivity contribution in [1.29, 1.82) is 0 Å². The van der Waals surface area contributed by atoms with Crippen LogP contribution in [0.2, 0.25) is 0 Å². The van der Waals surface area contributed by atoms with Gasteiger partial charge in [-0.05, 0) is 36.8 Å². The normalized spacial score (nSPS) is 13.0. The first-order valence-electron chi connectivity index (χ1n) is 9.94. The van der Waals surface area contributed by atoms with Crippen molar-refractivity contribution in [3.05, 3.63) is 83.6 Å². The molecule has 0 fully saturated rings. The number of carbonyl (C=O) groups is 1. The fourth-order valence-electron chi connectivity index (χ4n) is 3.28. The van der Waals surface area contributed by atoms with Gasteiger partial charge in [-0.1, -0.05) is 12.1 Å². The van der Waals surface area contributed by atoms with Crippen molar-refractivity contribution in [2.75, 3.05) is 5.32 Å². The second-order valence-electron chi connectivity index (χ2n) is 7.39. The number of hydrogen-bond acceptors (Lipinski definition) is 5. The average Bonchev–Trinajstić information content (AvgIpc) is 3.48. The summed E-state index contributed by atoms with van der Waals surface area (Å²) < 4.78 is 85.7. The second kappa shape index (κ2) is 8.89. The van der Waals surface area contributed by atoms with E-state index >= 15 is 0 Å². The molecule has 1 atom stereocenters. The SMILES string of the molecule is C[C@@H](c1ccc(C(F)(F)F)cc1C(F)(F)F)n1cc(NC(=O)c2coc(-c3ccccn3)n2)cn1. The minimum atomic E-state index is -5.02. The van der Waals surface area contributed by atoms with Gasteiger partial charge in [0.15, 0.2) is 5.69 Å². The molecule has 3 heterocycles. The van der Waals surface area contributed by atoms with Crippen molar-refractivity contribution in [1.82, 2.24) is 19.7 Å². The molecule has 0 radical (unpaired) electrons. The molecule has 35 heavy (non-hydrogen) atoms. The zero-order chi connectivity index (χ0) is 25.4. The van der Waals surface area contributed by atoms with Gasteiger partial charge in [0.05, 0.1) is 29.1 Å². The standard InChI is InChI=1S/C22H15F6N5O2/c1-12(15-6-5-13(21(23,24)25)8-16(15)22(26,27)28)33-10-14(9-30-33)31-19(34)18-11-35-20(32-18)17-4-2-3-7-29-17/h2-12H,1H3,(H,31,34)/t12-/m0/s1. The Hall–Kier alpha value is -4.16. The molecule has 0 aliphatic carbocycles. The van der Waals surface area contributed by atoms with E-state index in [1.807, 2.05) is 0 Å². The molecule has 0 saturated carbocycles. The first-order chi connectivity index (χ1) is 16.4. The predicted octanol–water partition coefficient (Wildman–Crippen LogP) is 5.83. The third kappa shape index (κ3) is 5.18. The number of benzene rings is 1. The fourth-order valence-corrected chi connectivity index (χ4v) is 3.28. The Bertz CT molecular complexity index is 1340. The molecule has 7 nitrogen and oxygen atoms in total. The summed E-state index contributed by atoms with van der Waals surface area (Å²) in [6.07, 6.45) is -4.87. The molecule has 1 amide bonds. The summed E-state index contributed by atoms with van der Waals surface area (Å²) in [5.41, 5.74) is -2.79. The number of nitrogens with one attached hydrogen (secondary N) is 1. The topological polar surface area (TPSA) is 85.8 Å². The van der Waals surface area contributed by atoms with Gasteiger partial charge < -0.3 is 9.73 Å². The fraction of sp³-hybridized carbons (Fsp3) is 0.182. The Morgan fingerprint density at radius 2 is 1.86 bits per heavy atom. The third-order valence-electron chi connectivity index (χ3n) is 5.01. The van der Waals surface area contributed by atoms with Crippen LogP contribution < -0.4 is 5.32 Å². The van der Waals surface area contributed by atoms with Gasteiger partial charge in [-0.3, -0.25) is 14.5 Å². The van der Waals surface area contributed by atoms with Crippen LogP contribution in [0.15, 0.2) is 65.7 Å². The van der Waals surface area contributed by atoms with Gasteiger partial charge in [-0.15, -0.1) is 0 Å². The number of amides is 1. The van der Waals surface area contributed by atoms with E-state index in [1.54, 1.807) is 18.2 Å². The van der Waals surface area contributed by atoms with Crippen LogP contribution in [-0.4, -0.2) is 25.7 Å². The van der Waals surface area contributed by atoms with Gasteiger partial charge in [-0.25, -0.2) is 4.98 Å². The Labute approximate surface area is 193 Å². The van der Waals surface area contributed by atoms with Crippen LogP contribution in [0.4, 0.5) is 32.0 Å². The summed E-state index contributed by atoms with van der Waals surface area (Å²) in [5.74, 6) is -0.560. The molecule has 0 aliphatic rings. The number of aromatic nitrogens is 4. The van der Waals surface area contributed by atoms with Gasteiger partial charge in [0.2, 0.25) is 5.89 Å². The number of anilines is 1. The molecule has 4 rings (SSSR count). The summed E-state index contributed by atoms with van der Waals surface area (Å²) in [6, 6.07) is 5.37. The maximum atomic E-state index is 13.5. The lowest BCUT2D eigenvalue weighted by atomic mass is 9.98. The lowest BCUT2D eigenvalue weighted by Crippen LogP contribution is -2.17. The van der Waals surface area contributed by atoms with Crippen LogP contribution in [0.3, 0.4) is 0 Å². The molecular formula is C22H15F6N5O2. The summed E-state index contributed by atoms with van der Waals surface area (Å²) in [4.78, 5) is 20.6. The Morgan fingerprint density at radius 3 is 2.51 bits per heavy atom. The molecule has 0 spiro atoms. The molecule has 1 aromatic carbocycles. The number of rotatable bonds is 5. The Balaban J connectivity index is 1.54. The van der Waals surface area contributed by atoms with Crippen LogP contribution in [0.25, 0.3) is 11.6 Å². The average molecular weight is 495 g/mol. The Kier molecular flexibility index (Phi) is 6.09. The summed E-state index contributed by atoms with van der Waals surface area (Å²) >= 11 is 0. The summed E-state index contributed by atoms with van der Waals surface area (Å²) in [7, 11) is 0. The number of alkyl halides is 6. The minimum Gasteiger partial charge on any atom is -0.442 e. The van der Waals surface area contributed by atoms with E-state index in [0.29, 0.717) is 11.8 Å². The molecule has 4 aromatic rings. The van der Waals surface area contributed by atoms with Crippen LogP contribution >= 0.6 is 0 Å². The molecule has 0 bridgehead atoms. The maximum absolute atomic E-state index is 13.5. The largest absolute Gasteiger partial charge is 0.442 e. The number of oxazole rings is 1. The van der Waals surface area contributed by atoms with E-state index in [0.717, 1.165) is 17.0 Å². The second-order valence-corrected chi connectivity index (χ2v) is 7.39. The number of halogens is 6. The molecule has 1 N–H and O–H groups in total. The van der Waals surface area contributed by atoms with Crippen molar-refractivity contribution in [2.45, 2.75) is 25.3 Å². The number of nitrogens with zero attached hydrogens (tertiary/aromatic N) is 4. The van der Waals surface area contributed by atoms with Crippen molar-refractivity contribution >= 4 is 11.6 Å². The zero-order valence-electron chi connectivity index (χ0n) is 17.7. The number of hydrogen-bond donors (Lipinski definition) is 1. The van der Waals surface area contributed by atoms with Crippen molar-refractivity contribution in [2.24, 2.45) is 0 Å². The molecule has 3 aromatic heterocycles. The van der Waals surface area contributed by atoms with Crippen LogP contribution in [0.5, 0.6) is 0 Å². The molecule has 0 saturated heterocycles. The van der Waals surface area contributed by atoms with Crippen LogP contribution in [0.1, 0.15) is 40.1 Å². The van der Waals surface area contributed by atoms with Crippen LogP contribution in [-0.2, 0) is 12.4 Å². The molecular weight excluding hydrogens is 480 g/mol. The lowest BCUT2D eigenvalue weighted by molar-refractivity contribution is -0.143. The van der Waals surface area contributed by atoms with Gasteiger partial charge in [0.1, 0.15) is 12.0 Å². The first-order valence-corrected chi connectivity index (χ1v) is 9.94. The highest BCUT2D eigenvalue weighted by Gasteiger charge is 2.39. The van der Waals surface area contributed by atoms with E-state index < -0.39 is 41.0 Å². The van der Waals surface area contributed by atoms with E-state index in [2.05, 4.69) is 20.4 Å². The van der Waals surface area contributed by atoms with E-state index in [1.165, 1.54) is 25.5 Å². The first kappa shape index (κ1) is 24.0. The predicted molar refractivity (Wildman–Crippen MR) is 110 cm³/mol. The van der Waals surface area contributed by atoms with E-state index in [9.17, 15) is 31.1 Å². The highest BCUT2D eigenvalue weighted by molar-refractivity contribution is 6.02.